The monoisotopic (exact) mass is 287 g/mol. The first-order valence-electron chi connectivity index (χ1n) is 5.50. The lowest BCUT2D eigenvalue weighted by Gasteiger charge is -2.28. The molecule has 1 N–H and O–H groups in total. The van der Waals surface area contributed by atoms with Crippen molar-refractivity contribution in [2.75, 3.05) is 24.6 Å². The van der Waals surface area contributed by atoms with Crippen molar-refractivity contribution < 1.29 is 4.90 Å². The first-order chi connectivity index (χ1) is 8.24. The molecule has 0 bridgehead atoms. The summed E-state index contributed by atoms with van der Waals surface area (Å²) in [5, 5.41) is 10.6. The summed E-state index contributed by atoms with van der Waals surface area (Å²) in [5.41, 5.74) is 0.778. The van der Waals surface area contributed by atoms with E-state index in [1.54, 1.807) is 12.1 Å². The molecule has 17 heavy (non-hydrogen) atoms. The number of nitrogens with one attached hydrogen (secondary N) is 1. The molecule has 0 amide bonds. The van der Waals surface area contributed by atoms with E-state index in [9.17, 15) is 5.26 Å². The fraction of sp³-hybridized carbons (Fsp3) is 0.417. The van der Waals surface area contributed by atoms with E-state index in [0.717, 1.165) is 30.2 Å². The first-order valence-corrected chi connectivity index (χ1v) is 7.41. The van der Waals surface area contributed by atoms with E-state index in [4.69, 9.17) is 23.2 Å². The second-order valence-corrected chi connectivity index (χ2v) is 6.01. The molecule has 0 saturated carbocycles. The Kier molecular flexibility index (Phi) is 4.58. The summed E-state index contributed by atoms with van der Waals surface area (Å²) >= 11 is 14.3. The Bertz CT molecular complexity index is 418. The molecule has 0 unspecified atom stereocenters. The highest BCUT2D eigenvalue weighted by Crippen LogP contribution is 2.28. The lowest BCUT2D eigenvalue weighted by Crippen LogP contribution is -3.13. The van der Waals surface area contributed by atoms with Gasteiger partial charge in [0.05, 0.1) is 28.7 Å². The lowest BCUT2D eigenvalue weighted by molar-refractivity contribution is -0.919. The van der Waals surface area contributed by atoms with Gasteiger partial charge in [0.25, 0.3) is 0 Å². The van der Waals surface area contributed by atoms with Crippen LogP contribution >= 0.6 is 35.0 Å². The number of nitriles is 1. The van der Waals surface area contributed by atoms with E-state index < -0.39 is 0 Å². The van der Waals surface area contributed by atoms with Crippen molar-refractivity contribution in [1.29, 1.82) is 5.26 Å². The van der Waals surface area contributed by atoms with Gasteiger partial charge in [-0.3, -0.25) is 0 Å². The van der Waals surface area contributed by atoms with Crippen LogP contribution in [0.25, 0.3) is 0 Å². The first kappa shape index (κ1) is 13.0. The van der Waals surface area contributed by atoms with Gasteiger partial charge in [0, 0.05) is 11.5 Å². The van der Waals surface area contributed by atoms with Crippen LogP contribution < -0.4 is 4.90 Å². The van der Waals surface area contributed by atoms with Gasteiger partial charge in [-0.05, 0) is 12.1 Å². The topological polar surface area (TPSA) is 28.2 Å². The minimum atomic E-state index is -0.253. The van der Waals surface area contributed by atoms with Crippen LogP contribution in [0.3, 0.4) is 0 Å². The number of quaternary nitrogens is 1. The fourth-order valence-corrected chi connectivity index (χ4v) is 3.70. The molecule has 0 aliphatic carbocycles. The van der Waals surface area contributed by atoms with E-state index in [2.05, 4.69) is 6.07 Å². The summed E-state index contributed by atoms with van der Waals surface area (Å²) in [6.07, 6.45) is 0. The number of hydrogen-bond donors (Lipinski definition) is 1. The summed E-state index contributed by atoms with van der Waals surface area (Å²) in [5.74, 6) is 2.19. The quantitative estimate of drug-likeness (QED) is 0.903. The SMILES string of the molecule is N#C[C@H](c1c(Cl)cccc1Cl)[NH+]1CCSCC1. The zero-order chi connectivity index (χ0) is 12.3. The third-order valence-electron chi connectivity index (χ3n) is 2.96. The van der Waals surface area contributed by atoms with Crippen LogP contribution in [0.5, 0.6) is 0 Å². The van der Waals surface area contributed by atoms with Crippen molar-refractivity contribution in [2.45, 2.75) is 6.04 Å². The third-order valence-corrected chi connectivity index (χ3v) is 4.61. The molecule has 1 heterocycles. The van der Waals surface area contributed by atoms with Gasteiger partial charge in [0.1, 0.15) is 6.07 Å². The fourth-order valence-electron chi connectivity index (χ4n) is 2.07. The predicted octanol–water partition coefficient (Wildman–Crippen LogP) is 2.19. The van der Waals surface area contributed by atoms with Gasteiger partial charge in [-0.15, -0.1) is 0 Å². The second kappa shape index (κ2) is 5.97. The van der Waals surface area contributed by atoms with Crippen molar-refractivity contribution in [1.82, 2.24) is 0 Å². The molecule has 1 aliphatic rings. The third kappa shape index (κ3) is 2.89. The maximum absolute atomic E-state index is 9.39. The molecule has 0 spiro atoms. The molecule has 1 aromatic carbocycles. The molecule has 0 radical (unpaired) electrons. The number of rotatable bonds is 2. The predicted molar refractivity (Wildman–Crippen MR) is 72.8 cm³/mol. The molecular formula is C12H13Cl2N2S+. The summed E-state index contributed by atoms with van der Waals surface area (Å²) < 4.78 is 0. The summed E-state index contributed by atoms with van der Waals surface area (Å²) in [4.78, 5) is 1.27. The molecule has 1 aliphatic heterocycles. The number of benzene rings is 1. The molecule has 1 saturated heterocycles. The summed E-state index contributed by atoms with van der Waals surface area (Å²) in [6.45, 7) is 1.98. The van der Waals surface area contributed by atoms with Crippen LogP contribution in [0.15, 0.2) is 18.2 Å². The van der Waals surface area contributed by atoms with Crippen LogP contribution in [0.4, 0.5) is 0 Å². The maximum atomic E-state index is 9.39. The van der Waals surface area contributed by atoms with E-state index >= 15 is 0 Å². The van der Waals surface area contributed by atoms with Crippen LogP contribution in [-0.4, -0.2) is 24.6 Å². The van der Waals surface area contributed by atoms with Gasteiger partial charge in [-0.25, -0.2) is 0 Å². The average molecular weight is 288 g/mol. The average Bonchev–Trinajstić information content (AvgIpc) is 2.35. The molecule has 2 nitrogen and oxygen atoms in total. The van der Waals surface area contributed by atoms with Crippen LogP contribution in [0.2, 0.25) is 10.0 Å². The largest absolute Gasteiger partial charge is 0.315 e. The van der Waals surface area contributed by atoms with Crippen molar-refractivity contribution >= 4 is 35.0 Å². The van der Waals surface area contributed by atoms with Gasteiger partial charge in [0.2, 0.25) is 6.04 Å². The minimum Gasteiger partial charge on any atom is -0.315 e. The normalized spacial score (nSPS) is 18.6. The van der Waals surface area contributed by atoms with Crippen molar-refractivity contribution in [3.63, 3.8) is 0 Å². The lowest BCUT2D eigenvalue weighted by atomic mass is 10.1. The smallest absolute Gasteiger partial charge is 0.203 e. The standard InChI is InChI=1S/C12H12Cl2N2S/c13-9-2-1-3-10(14)12(9)11(8-15)16-4-6-17-7-5-16/h1-3,11H,4-7H2/p+1/t11-/m1/s1. The Morgan fingerprint density at radius 3 is 2.35 bits per heavy atom. The van der Waals surface area contributed by atoms with E-state index in [1.165, 1.54) is 4.90 Å². The Morgan fingerprint density at radius 2 is 1.82 bits per heavy atom. The Morgan fingerprint density at radius 1 is 1.24 bits per heavy atom. The highest BCUT2D eigenvalue weighted by atomic mass is 35.5. The molecule has 2 rings (SSSR count). The van der Waals surface area contributed by atoms with Crippen LogP contribution in [0, 0.1) is 11.3 Å². The Balaban J connectivity index is 2.32. The molecule has 1 fully saturated rings. The summed E-state index contributed by atoms with van der Waals surface area (Å²) in [6, 6.07) is 7.51. The zero-order valence-electron chi connectivity index (χ0n) is 9.25. The molecule has 1 atom stereocenters. The van der Waals surface area contributed by atoms with E-state index in [0.29, 0.717) is 10.0 Å². The van der Waals surface area contributed by atoms with Gasteiger partial charge < -0.3 is 4.90 Å². The Labute approximate surface area is 115 Å². The highest BCUT2D eigenvalue weighted by molar-refractivity contribution is 7.99. The van der Waals surface area contributed by atoms with Crippen molar-refractivity contribution in [2.24, 2.45) is 0 Å². The van der Waals surface area contributed by atoms with E-state index in [-0.39, 0.29) is 6.04 Å². The molecular weight excluding hydrogens is 275 g/mol. The van der Waals surface area contributed by atoms with Gasteiger partial charge in [0.15, 0.2) is 0 Å². The van der Waals surface area contributed by atoms with Crippen molar-refractivity contribution in [3.05, 3.63) is 33.8 Å². The number of hydrogen-bond acceptors (Lipinski definition) is 2. The molecule has 1 aromatic rings. The zero-order valence-corrected chi connectivity index (χ0v) is 11.6. The number of thioether (sulfide) groups is 1. The Hall–Kier alpha value is -0.400. The number of halogens is 2. The number of nitrogens with zero attached hydrogens (tertiary/aromatic N) is 1. The van der Waals surface area contributed by atoms with Crippen LogP contribution in [0.1, 0.15) is 11.6 Å². The minimum absolute atomic E-state index is 0.253. The maximum Gasteiger partial charge on any atom is 0.203 e. The van der Waals surface area contributed by atoms with Gasteiger partial charge in [-0.1, -0.05) is 29.3 Å². The summed E-state index contributed by atoms with van der Waals surface area (Å²) in [7, 11) is 0. The molecule has 5 heteroatoms. The van der Waals surface area contributed by atoms with Gasteiger partial charge in [-0.2, -0.15) is 17.0 Å². The van der Waals surface area contributed by atoms with Crippen molar-refractivity contribution in [3.8, 4) is 6.07 Å². The van der Waals surface area contributed by atoms with E-state index in [1.807, 2.05) is 17.8 Å². The second-order valence-electron chi connectivity index (χ2n) is 3.97. The molecule has 90 valence electrons. The molecule has 0 aromatic heterocycles. The highest BCUT2D eigenvalue weighted by Gasteiger charge is 2.29. The van der Waals surface area contributed by atoms with Gasteiger partial charge >= 0.3 is 0 Å². The van der Waals surface area contributed by atoms with Crippen LogP contribution in [-0.2, 0) is 0 Å².